The zero-order chi connectivity index (χ0) is 14.8. The van der Waals surface area contributed by atoms with Crippen LogP contribution in [0, 0.1) is 29.5 Å². The summed E-state index contributed by atoms with van der Waals surface area (Å²) in [6, 6.07) is 3.66. The molecular weight excluding hydrogens is 281 g/mol. The van der Waals surface area contributed by atoms with Crippen LogP contribution in [0.25, 0.3) is 0 Å². The minimum absolute atomic E-state index is 0.325. The molecule has 0 aliphatic heterocycles. The van der Waals surface area contributed by atoms with E-state index in [-0.39, 0.29) is 11.5 Å². The SMILES string of the molecule is CC1CC1CNS(=O)(=O)c1ccc(C#CCO)cc1F. The van der Waals surface area contributed by atoms with Gasteiger partial charge in [-0.1, -0.05) is 18.8 Å². The molecule has 0 bridgehead atoms. The van der Waals surface area contributed by atoms with Gasteiger partial charge >= 0.3 is 0 Å². The third kappa shape index (κ3) is 3.57. The smallest absolute Gasteiger partial charge is 0.243 e. The Morgan fingerprint density at radius 3 is 2.75 bits per heavy atom. The lowest BCUT2D eigenvalue weighted by Gasteiger charge is -2.07. The highest BCUT2D eigenvalue weighted by Gasteiger charge is 2.33. The van der Waals surface area contributed by atoms with Gasteiger partial charge in [0.15, 0.2) is 0 Å². The Morgan fingerprint density at radius 2 is 2.20 bits per heavy atom. The van der Waals surface area contributed by atoms with Crippen LogP contribution in [0.3, 0.4) is 0 Å². The van der Waals surface area contributed by atoms with Gasteiger partial charge in [-0.25, -0.2) is 17.5 Å². The van der Waals surface area contributed by atoms with Crippen molar-refractivity contribution >= 4 is 10.0 Å². The molecule has 1 saturated carbocycles. The van der Waals surface area contributed by atoms with Gasteiger partial charge in [0, 0.05) is 12.1 Å². The average Bonchev–Trinajstić information content (AvgIpc) is 3.10. The number of aliphatic hydroxyl groups is 1. The van der Waals surface area contributed by atoms with Crippen molar-refractivity contribution < 1.29 is 17.9 Å². The molecule has 0 aromatic heterocycles. The van der Waals surface area contributed by atoms with Crippen LogP contribution < -0.4 is 4.72 Å². The van der Waals surface area contributed by atoms with E-state index >= 15 is 0 Å². The molecule has 0 spiro atoms. The topological polar surface area (TPSA) is 66.4 Å². The van der Waals surface area contributed by atoms with Gasteiger partial charge in [0.25, 0.3) is 0 Å². The maximum atomic E-state index is 13.8. The lowest BCUT2D eigenvalue weighted by molar-refractivity contribution is 0.350. The first-order valence-corrected chi connectivity index (χ1v) is 7.81. The number of halogens is 1. The summed E-state index contributed by atoms with van der Waals surface area (Å²) in [6.45, 7) is 2.06. The van der Waals surface area contributed by atoms with Crippen molar-refractivity contribution in [3.63, 3.8) is 0 Å². The highest BCUT2D eigenvalue weighted by Crippen LogP contribution is 2.37. The molecule has 0 radical (unpaired) electrons. The van der Waals surface area contributed by atoms with Crippen molar-refractivity contribution in [2.24, 2.45) is 11.8 Å². The van der Waals surface area contributed by atoms with Crippen LogP contribution in [-0.4, -0.2) is 26.7 Å². The number of hydrogen-bond donors (Lipinski definition) is 2. The van der Waals surface area contributed by atoms with Gasteiger partial charge in [-0.15, -0.1) is 0 Å². The summed E-state index contributed by atoms with van der Waals surface area (Å²) < 4.78 is 40.2. The fourth-order valence-corrected chi connectivity index (χ4v) is 3.07. The van der Waals surface area contributed by atoms with Crippen LogP contribution in [0.5, 0.6) is 0 Å². The van der Waals surface area contributed by atoms with Gasteiger partial charge in [0.2, 0.25) is 10.0 Å². The Morgan fingerprint density at radius 1 is 1.50 bits per heavy atom. The summed E-state index contributed by atoms with van der Waals surface area (Å²) >= 11 is 0. The predicted molar refractivity (Wildman–Crippen MR) is 72.8 cm³/mol. The van der Waals surface area contributed by atoms with Crippen molar-refractivity contribution in [2.45, 2.75) is 18.2 Å². The molecule has 0 amide bonds. The Kier molecular flexibility index (Phi) is 4.43. The number of benzene rings is 1. The van der Waals surface area contributed by atoms with Crippen molar-refractivity contribution in [1.82, 2.24) is 4.72 Å². The highest BCUT2D eigenvalue weighted by molar-refractivity contribution is 7.89. The van der Waals surface area contributed by atoms with Gasteiger partial charge in [-0.2, -0.15) is 0 Å². The maximum absolute atomic E-state index is 13.8. The van der Waals surface area contributed by atoms with Crippen molar-refractivity contribution in [1.29, 1.82) is 0 Å². The molecule has 1 aromatic carbocycles. The molecule has 1 fully saturated rings. The Labute approximate surface area is 118 Å². The summed E-state index contributed by atoms with van der Waals surface area (Å²) in [7, 11) is -3.83. The van der Waals surface area contributed by atoms with Gasteiger partial charge in [-0.3, -0.25) is 0 Å². The molecular formula is C14H16FNO3S. The second-order valence-electron chi connectivity index (χ2n) is 4.93. The van der Waals surface area contributed by atoms with E-state index in [1.54, 1.807) is 0 Å². The monoisotopic (exact) mass is 297 g/mol. The molecule has 1 aliphatic rings. The summed E-state index contributed by atoms with van der Waals surface area (Å²) in [4.78, 5) is -0.375. The van der Waals surface area contributed by atoms with Crippen molar-refractivity contribution in [3.05, 3.63) is 29.6 Å². The lowest BCUT2D eigenvalue weighted by atomic mass is 10.2. The second-order valence-corrected chi connectivity index (χ2v) is 6.67. The summed E-state index contributed by atoms with van der Waals surface area (Å²) in [5.41, 5.74) is 0.325. The summed E-state index contributed by atoms with van der Waals surface area (Å²) in [5.74, 6) is 4.94. The average molecular weight is 297 g/mol. The third-order valence-electron chi connectivity index (χ3n) is 3.34. The molecule has 20 heavy (non-hydrogen) atoms. The van der Waals surface area contributed by atoms with Crippen LogP contribution in [-0.2, 0) is 10.0 Å². The number of aliphatic hydroxyl groups excluding tert-OH is 1. The zero-order valence-corrected chi connectivity index (χ0v) is 11.9. The van der Waals surface area contributed by atoms with Crippen LogP contribution in [0.2, 0.25) is 0 Å². The molecule has 6 heteroatoms. The molecule has 2 N–H and O–H groups in total. The molecule has 1 aliphatic carbocycles. The highest BCUT2D eigenvalue weighted by atomic mass is 32.2. The molecule has 0 heterocycles. The standard InChI is InChI=1S/C14H16FNO3S/c1-10-7-12(10)9-16-20(18,19)14-5-4-11(3-2-6-17)8-13(14)15/h4-5,8,10,12,16-17H,6-7,9H2,1H3. The molecule has 2 rings (SSSR count). The molecule has 0 saturated heterocycles. The Bertz CT molecular complexity index is 661. The molecule has 4 nitrogen and oxygen atoms in total. The van der Waals surface area contributed by atoms with Crippen molar-refractivity contribution in [3.8, 4) is 11.8 Å². The van der Waals surface area contributed by atoms with Gasteiger partial charge in [0.1, 0.15) is 17.3 Å². The maximum Gasteiger partial charge on any atom is 0.243 e. The fraction of sp³-hybridized carbons (Fsp3) is 0.429. The van der Waals surface area contributed by atoms with Crippen LogP contribution >= 0.6 is 0 Å². The van der Waals surface area contributed by atoms with E-state index in [0.29, 0.717) is 23.9 Å². The van der Waals surface area contributed by atoms with Gasteiger partial charge in [-0.05, 0) is 36.5 Å². The van der Waals surface area contributed by atoms with E-state index in [4.69, 9.17) is 5.11 Å². The van der Waals surface area contributed by atoms with E-state index in [1.807, 2.05) is 6.92 Å². The van der Waals surface area contributed by atoms with Gasteiger partial charge < -0.3 is 5.11 Å². The largest absolute Gasteiger partial charge is 0.384 e. The lowest BCUT2D eigenvalue weighted by Crippen LogP contribution is -2.27. The van der Waals surface area contributed by atoms with E-state index in [0.717, 1.165) is 12.5 Å². The predicted octanol–water partition coefficient (Wildman–Crippen LogP) is 1.10. The second kappa shape index (κ2) is 5.92. The van der Waals surface area contributed by atoms with E-state index in [9.17, 15) is 12.8 Å². The number of nitrogens with one attached hydrogen (secondary N) is 1. The zero-order valence-electron chi connectivity index (χ0n) is 11.1. The first-order valence-electron chi connectivity index (χ1n) is 6.33. The quantitative estimate of drug-likeness (QED) is 0.818. The minimum atomic E-state index is -3.83. The van der Waals surface area contributed by atoms with Crippen LogP contribution in [0.4, 0.5) is 4.39 Å². The molecule has 108 valence electrons. The Balaban J connectivity index is 2.14. The van der Waals surface area contributed by atoms with E-state index < -0.39 is 15.8 Å². The number of sulfonamides is 1. The van der Waals surface area contributed by atoms with E-state index in [1.165, 1.54) is 12.1 Å². The Hall–Kier alpha value is -1.42. The number of hydrogen-bond acceptors (Lipinski definition) is 3. The fourth-order valence-electron chi connectivity index (χ4n) is 1.92. The summed E-state index contributed by atoms with van der Waals surface area (Å²) in [6.07, 6.45) is 1.00. The van der Waals surface area contributed by atoms with Crippen LogP contribution in [0.1, 0.15) is 18.9 Å². The first-order chi connectivity index (χ1) is 9.44. The molecule has 2 unspecified atom stereocenters. The third-order valence-corrected chi connectivity index (χ3v) is 4.80. The first kappa shape index (κ1) is 15.0. The molecule has 1 aromatic rings. The number of rotatable bonds is 4. The summed E-state index contributed by atoms with van der Waals surface area (Å²) in [5, 5.41) is 8.56. The molecule has 2 atom stereocenters. The van der Waals surface area contributed by atoms with Gasteiger partial charge in [0.05, 0.1) is 0 Å². The van der Waals surface area contributed by atoms with Crippen molar-refractivity contribution in [2.75, 3.05) is 13.2 Å². The van der Waals surface area contributed by atoms with Crippen LogP contribution in [0.15, 0.2) is 23.1 Å². The minimum Gasteiger partial charge on any atom is -0.384 e. The normalized spacial score (nSPS) is 21.1. The van der Waals surface area contributed by atoms with E-state index in [2.05, 4.69) is 16.6 Å².